The second-order valence-corrected chi connectivity index (χ2v) is 6.28. The first kappa shape index (κ1) is 14.9. The SMILES string of the molecule is Cc1ccccc1[C@@H]1C[C@H]1C(=O)N[C@@H](C)CN1CCOC1=O. The molecule has 1 heterocycles. The van der Waals surface area contributed by atoms with Crippen molar-refractivity contribution < 1.29 is 14.3 Å². The highest BCUT2D eigenvalue weighted by atomic mass is 16.6. The first-order valence-corrected chi connectivity index (χ1v) is 7.84. The van der Waals surface area contributed by atoms with Crippen LogP contribution < -0.4 is 5.32 Å². The summed E-state index contributed by atoms with van der Waals surface area (Å²) in [7, 11) is 0. The molecular formula is C17H22N2O3. The molecule has 3 atom stereocenters. The van der Waals surface area contributed by atoms with Crippen LogP contribution in [0.3, 0.4) is 0 Å². The van der Waals surface area contributed by atoms with Crippen LogP contribution in [0.15, 0.2) is 24.3 Å². The molecule has 118 valence electrons. The monoisotopic (exact) mass is 302 g/mol. The largest absolute Gasteiger partial charge is 0.448 e. The van der Waals surface area contributed by atoms with Crippen LogP contribution >= 0.6 is 0 Å². The van der Waals surface area contributed by atoms with Gasteiger partial charge in [0.15, 0.2) is 0 Å². The lowest BCUT2D eigenvalue weighted by atomic mass is 10.0. The van der Waals surface area contributed by atoms with Crippen LogP contribution in [0.1, 0.15) is 30.4 Å². The summed E-state index contributed by atoms with van der Waals surface area (Å²) in [6.45, 7) is 5.57. The Morgan fingerprint density at radius 3 is 2.91 bits per heavy atom. The van der Waals surface area contributed by atoms with Crippen molar-refractivity contribution >= 4 is 12.0 Å². The van der Waals surface area contributed by atoms with Gasteiger partial charge in [-0.15, -0.1) is 0 Å². The quantitative estimate of drug-likeness (QED) is 0.905. The zero-order chi connectivity index (χ0) is 15.7. The van der Waals surface area contributed by atoms with Gasteiger partial charge in [-0.05, 0) is 37.3 Å². The molecule has 1 saturated heterocycles. The summed E-state index contributed by atoms with van der Waals surface area (Å²) in [6, 6.07) is 8.18. The molecule has 0 aromatic heterocycles. The molecule has 1 aliphatic carbocycles. The van der Waals surface area contributed by atoms with E-state index in [0.717, 1.165) is 6.42 Å². The fraction of sp³-hybridized carbons (Fsp3) is 0.529. The molecule has 1 N–H and O–H groups in total. The second kappa shape index (κ2) is 5.99. The third-order valence-electron chi connectivity index (χ3n) is 4.44. The number of cyclic esters (lactones) is 1. The highest BCUT2D eigenvalue weighted by Gasteiger charge is 2.44. The number of aryl methyl sites for hydroxylation is 1. The highest BCUT2D eigenvalue weighted by Crippen LogP contribution is 2.48. The van der Waals surface area contributed by atoms with E-state index < -0.39 is 0 Å². The summed E-state index contributed by atoms with van der Waals surface area (Å²) in [5.74, 6) is 0.493. The van der Waals surface area contributed by atoms with Gasteiger partial charge in [-0.25, -0.2) is 4.79 Å². The number of amides is 2. The maximum atomic E-state index is 12.3. The topological polar surface area (TPSA) is 58.6 Å². The Kier molecular flexibility index (Phi) is 4.05. The zero-order valence-electron chi connectivity index (χ0n) is 13.0. The number of ether oxygens (including phenoxy) is 1. The molecule has 0 unspecified atom stereocenters. The average Bonchev–Trinajstić information content (AvgIpc) is 3.18. The molecular weight excluding hydrogens is 280 g/mol. The lowest BCUT2D eigenvalue weighted by Crippen LogP contribution is -2.43. The number of hydrogen-bond donors (Lipinski definition) is 1. The molecule has 0 bridgehead atoms. The maximum absolute atomic E-state index is 12.3. The van der Waals surface area contributed by atoms with Gasteiger partial charge in [0, 0.05) is 18.5 Å². The van der Waals surface area contributed by atoms with Crippen molar-refractivity contribution in [2.75, 3.05) is 19.7 Å². The van der Waals surface area contributed by atoms with Gasteiger partial charge >= 0.3 is 6.09 Å². The number of carbonyl (C=O) groups is 2. The van der Waals surface area contributed by atoms with Gasteiger partial charge < -0.3 is 15.0 Å². The van der Waals surface area contributed by atoms with Crippen molar-refractivity contribution in [3.8, 4) is 0 Å². The first-order chi connectivity index (χ1) is 10.6. The summed E-state index contributed by atoms with van der Waals surface area (Å²) < 4.78 is 4.89. The fourth-order valence-corrected chi connectivity index (χ4v) is 3.15. The summed E-state index contributed by atoms with van der Waals surface area (Å²) in [5.41, 5.74) is 2.52. The van der Waals surface area contributed by atoms with Crippen LogP contribution in [-0.4, -0.2) is 42.6 Å². The van der Waals surface area contributed by atoms with Crippen molar-refractivity contribution in [2.45, 2.75) is 32.2 Å². The fourth-order valence-electron chi connectivity index (χ4n) is 3.15. The van der Waals surface area contributed by atoms with Gasteiger partial charge in [-0.2, -0.15) is 0 Å². The lowest BCUT2D eigenvalue weighted by molar-refractivity contribution is -0.123. The number of nitrogens with zero attached hydrogens (tertiary/aromatic N) is 1. The first-order valence-electron chi connectivity index (χ1n) is 7.84. The molecule has 3 rings (SSSR count). The minimum absolute atomic E-state index is 0.0590. The average molecular weight is 302 g/mol. The minimum Gasteiger partial charge on any atom is -0.448 e. The van der Waals surface area contributed by atoms with Gasteiger partial charge in [0.05, 0.1) is 6.54 Å². The van der Waals surface area contributed by atoms with Gasteiger partial charge in [0.2, 0.25) is 5.91 Å². The van der Waals surface area contributed by atoms with Crippen molar-refractivity contribution in [3.05, 3.63) is 35.4 Å². The van der Waals surface area contributed by atoms with E-state index >= 15 is 0 Å². The summed E-state index contributed by atoms with van der Waals surface area (Å²) in [6.07, 6.45) is 0.625. The molecule has 1 aromatic carbocycles. The Balaban J connectivity index is 1.51. The van der Waals surface area contributed by atoms with Crippen LogP contribution in [0.4, 0.5) is 4.79 Å². The highest BCUT2D eigenvalue weighted by molar-refractivity contribution is 5.83. The smallest absolute Gasteiger partial charge is 0.410 e. The Bertz CT molecular complexity index is 587. The minimum atomic E-state index is -0.287. The van der Waals surface area contributed by atoms with Crippen molar-refractivity contribution in [3.63, 3.8) is 0 Å². The molecule has 5 nitrogen and oxygen atoms in total. The van der Waals surface area contributed by atoms with Crippen molar-refractivity contribution in [2.24, 2.45) is 5.92 Å². The summed E-state index contributed by atoms with van der Waals surface area (Å²) >= 11 is 0. The van der Waals surface area contributed by atoms with Crippen molar-refractivity contribution in [1.29, 1.82) is 0 Å². The maximum Gasteiger partial charge on any atom is 0.410 e. The number of rotatable bonds is 5. The molecule has 1 aromatic rings. The number of benzene rings is 1. The molecule has 2 aliphatic rings. The third kappa shape index (κ3) is 3.08. The van der Waals surface area contributed by atoms with E-state index in [-0.39, 0.29) is 24.0 Å². The van der Waals surface area contributed by atoms with Crippen LogP contribution in [0.5, 0.6) is 0 Å². The molecule has 0 radical (unpaired) electrons. The van der Waals surface area contributed by atoms with E-state index in [1.165, 1.54) is 11.1 Å². The molecule has 2 amide bonds. The molecule has 0 spiro atoms. The van der Waals surface area contributed by atoms with E-state index in [1.54, 1.807) is 4.90 Å². The Hall–Kier alpha value is -2.04. The van der Waals surface area contributed by atoms with E-state index in [9.17, 15) is 9.59 Å². The lowest BCUT2D eigenvalue weighted by Gasteiger charge is -2.19. The van der Waals surface area contributed by atoms with Crippen LogP contribution in [0, 0.1) is 12.8 Å². The predicted molar refractivity (Wildman–Crippen MR) is 82.6 cm³/mol. The van der Waals surface area contributed by atoms with E-state index in [2.05, 4.69) is 24.4 Å². The Morgan fingerprint density at radius 1 is 1.45 bits per heavy atom. The molecule has 5 heteroatoms. The summed E-state index contributed by atoms with van der Waals surface area (Å²) in [4.78, 5) is 25.4. The Labute approximate surface area is 130 Å². The van der Waals surface area contributed by atoms with Gasteiger partial charge in [-0.1, -0.05) is 24.3 Å². The number of hydrogen-bond acceptors (Lipinski definition) is 3. The van der Waals surface area contributed by atoms with Crippen LogP contribution in [0.2, 0.25) is 0 Å². The molecule has 1 saturated carbocycles. The zero-order valence-corrected chi connectivity index (χ0v) is 13.0. The van der Waals surface area contributed by atoms with Crippen LogP contribution in [0.25, 0.3) is 0 Å². The van der Waals surface area contributed by atoms with Gasteiger partial charge in [-0.3, -0.25) is 4.79 Å². The molecule has 22 heavy (non-hydrogen) atoms. The van der Waals surface area contributed by atoms with Gasteiger partial charge in [0.25, 0.3) is 0 Å². The number of nitrogens with one attached hydrogen (secondary N) is 1. The molecule has 1 aliphatic heterocycles. The van der Waals surface area contributed by atoms with Crippen LogP contribution in [-0.2, 0) is 9.53 Å². The van der Waals surface area contributed by atoms with E-state index in [0.29, 0.717) is 25.6 Å². The second-order valence-electron chi connectivity index (χ2n) is 6.28. The molecule has 2 fully saturated rings. The van der Waals surface area contributed by atoms with E-state index in [4.69, 9.17) is 4.74 Å². The van der Waals surface area contributed by atoms with Gasteiger partial charge in [0.1, 0.15) is 6.61 Å². The normalized spacial score (nSPS) is 24.8. The third-order valence-corrected chi connectivity index (χ3v) is 4.44. The van der Waals surface area contributed by atoms with E-state index in [1.807, 2.05) is 19.1 Å². The number of carbonyl (C=O) groups excluding carboxylic acids is 2. The standard InChI is InChI=1S/C17H22N2O3/c1-11-5-3-4-6-13(11)14-9-15(14)16(20)18-12(2)10-19-7-8-22-17(19)21/h3-6,12,14-15H,7-10H2,1-2H3,(H,18,20)/t12-,14-,15+/m0/s1. The Morgan fingerprint density at radius 2 is 2.23 bits per heavy atom. The summed E-state index contributed by atoms with van der Waals surface area (Å²) in [5, 5.41) is 3.02. The van der Waals surface area contributed by atoms with Crippen molar-refractivity contribution in [1.82, 2.24) is 10.2 Å². The predicted octanol–water partition coefficient (Wildman–Crippen LogP) is 2.06.